The second-order valence-electron chi connectivity index (χ2n) is 6.89. The van der Waals surface area contributed by atoms with Gasteiger partial charge in [0.25, 0.3) is 0 Å². The number of rotatable bonds is 7. The third kappa shape index (κ3) is 4.49. The molecule has 0 atom stereocenters. The van der Waals surface area contributed by atoms with Crippen LogP contribution < -0.4 is 4.74 Å². The van der Waals surface area contributed by atoms with E-state index in [-0.39, 0.29) is 5.82 Å². The lowest BCUT2D eigenvalue weighted by molar-refractivity contribution is 0.0368. The summed E-state index contributed by atoms with van der Waals surface area (Å²) in [6, 6.07) is 14.7. The molecular formula is C22H25FN2O2. The zero-order valence-corrected chi connectivity index (χ0v) is 15.4. The van der Waals surface area contributed by atoms with Gasteiger partial charge >= 0.3 is 0 Å². The molecule has 142 valence electrons. The van der Waals surface area contributed by atoms with Gasteiger partial charge in [0.15, 0.2) is 0 Å². The molecule has 4 nitrogen and oxygen atoms in total. The smallest absolute Gasteiger partial charge is 0.123 e. The maximum Gasteiger partial charge on any atom is 0.123 e. The third-order valence-corrected chi connectivity index (χ3v) is 5.01. The van der Waals surface area contributed by atoms with Crippen LogP contribution >= 0.6 is 0 Å². The molecule has 0 unspecified atom stereocenters. The van der Waals surface area contributed by atoms with E-state index >= 15 is 0 Å². The molecule has 0 amide bonds. The molecule has 1 aromatic heterocycles. The van der Waals surface area contributed by atoms with Crippen LogP contribution in [0.25, 0.3) is 16.6 Å². The molecule has 0 bridgehead atoms. The van der Waals surface area contributed by atoms with Gasteiger partial charge in [-0.15, -0.1) is 0 Å². The van der Waals surface area contributed by atoms with Crippen molar-refractivity contribution < 1.29 is 13.9 Å². The van der Waals surface area contributed by atoms with Crippen LogP contribution in [-0.2, 0) is 4.74 Å². The highest BCUT2D eigenvalue weighted by Crippen LogP contribution is 2.25. The molecule has 0 radical (unpaired) electrons. The predicted molar refractivity (Wildman–Crippen MR) is 105 cm³/mol. The molecule has 2 heterocycles. The lowest BCUT2D eigenvalue weighted by Gasteiger charge is -2.26. The van der Waals surface area contributed by atoms with Crippen LogP contribution in [0.1, 0.15) is 12.8 Å². The van der Waals surface area contributed by atoms with E-state index in [1.807, 2.05) is 12.3 Å². The first-order chi connectivity index (χ1) is 13.3. The third-order valence-electron chi connectivity index (χ3n) is 5.01. The maximum atomic E-state index is 13.1. The summed E-state index contributed by atoms with van der Waals surface area (Å²) in [5.41, 5.74) is 2.03. The fourth-order valence-corrected chi connectivity index (χ4v) is 3.49. The predicted octanol–water partition coefficient (Wildman–Crippen LogP) is 4.26. The van der Waals surface area contributed by atoms with Gasteiger partial charge in [0.05, 0.1) is 25.3 Å². The molecule has 27 heavy (non-hydrogen) atoms. The molecule has 1 aliphatic heterocycles. The zero-order chi connectivity index (χ0) is 18.5. The maximum absolute atomic E-state index is 13.1. The molecule has 0 aliphatic carbocycles. The normalized spacial score (nSPS) is 15.3. The summed E-state index contributed by atoms with van der Waals surface area (Å²) < 4.78 is 26.5. The number of ether oxygens (including phenoxy) is 2. The Morgan fingerprint density at radius 2 is 1.78 bits per heavy atom. The van der Waals surface area contributed by atoms with Gasteiger partial charge in [0.2, 0.25) is 0 Å². The topological polar surface area (TPSA) is 26.6 Å². The van der Waals surface area contributed by atoms with Crippen molar-refractivity contribution in [3.05, 3.63) is 60.5 Å². The second kappa shape index (κ2) is 8.55. The Labute approximate surface area is 159 Å². The van der Waals surface area contributed by atoms with Crippen molar-refractivity contribution in [2.24, 2.45) is 0 Å². The zero-order valence-electron chi connectivity index (χ0n) is 15.4. The van der Waals surface area contributed by atoms with Crippen LogP contribution in [0.2, 0.25) is 0 Å². The van der Waals surface area contributed by atoms with E-state index in [1.54, 1.807) is 12.1 Å². The SMILES string of the molecule is Fc1ccc(-n2ccc3cc(OCCCCN4CCOCC4)ccc32)cc1. The van der Waals surface area contributed by atoms with Crippen LogP contribution in [0.4, 0.5) is 4.39 Å². The number of unbranched alkanes of at least 4 members (excludes halogenated alkanes) is 1. The number of aromatic nitrogens is 1. The van der Waals surface area contributed by atoms with Gasteiger partial charge in [-0.1, -0.05) is 0 Å². The van der Waals surface area contributed by atoms with Crippen LogP contribution in [0.5, 0.6) is 5.75 Å². The fourth-order valence-electron chi connectivity index (χ4n) is 3.49. The Kier molecular flexibility index (Phi) is 5.70. The first-order valence-corrected chi connectivity index (χ1v) is 9.59. The average Bonchev–Trinajstić information content (AvgIpc) is 3.12. The van der Waals surface area contributed by atoms with Gasteiger partial charge in [0, 0.05) is 30.4 Å². The van der Waals surface area contributed by atoms with E-state index in [1.165, 1.54) is 12.1 Å². The monoisotopic (exact) mass is 368 g/mol. The van der Waals surface area contributed by atoms with Crippen LogP contribution in [0.3, 0.4) is 0 Å². The molecule has 4 rings (SSSR count). The molecule has 5 heteroatoms. The Morgan fingerprint density at radius 3 is 2.59 bits per heavy atom. The highest BCUT2D eigenvalue weighted by molar-refractivity contribution is 5.83. The van der Waals surface area contributed by atoms with Crippen molar-refractivity contribution in [1.82, 2.24) is 9.47 Å². The van der Waals surface area contributed by atoms with Crippen LogP contribution in [0.15, 0.2) is 54.7 Å². The minimum atomic E-state index is -0.223. The van der Waals surface area contributed by atoms with E-state index < -0.39 is 0 Å². The molecule has 0 saturated carbocycles. The highest BCUT2D eigenvalue weighted by atomic mass is 19.1. The molecule has 1 saturated heterocycles. The quantitative estimate of drug-likeness (QED) is 0.583. The van der Waals surface area contributed by atoms with Gasteiger partial charge in [0.1, 0.15) is 11.6 Å². The number of morpholine rings is 1. The summed E-state index contributed by atoms with van der Waals surface area (Å²) in [6.45, 7) is 5.65. The van der Waals surface area contributed by atoms with Crippen LogP contribution in [0, 0.1) is 5.82 Å². The largest absolute Gasteiger partial charge is 0.494 e. The first kappa shape index (κ1) is 18.0. The number of fused-ring (bicyclic) bond motifs is 1. The Hall–Kier alpha value is -2.37. The first-order valence-electron chi connectivity index (χ1n) is 9.59. The van der Waals surface area contributed by atoms with E-state index in [0.29, 0.717) is 0 Å². The molecule has 0 N–H and O–H groups in total. The standard InChI is InChI=1S/C22H25FN2O2/c23-19-3-5-20(6-4-19)25-11-9-18-17-21(7-8-22(18)25)27-14-2-1-10-24-12-15-26-16-13-24/h3-9,11,17H,1-2,10,12-16H2. The van der Waals surface area contributed by atoms with Crippen molar-refractivity contribution >= 4 is 10.9 Å². The molecule has 2 aromatic carbocycles. The summed E-state index contributed by atoms with van der Waals surface area (Å²) in [4.78, 5) is 2.45. The highest BCUT2D eigenvalue weighted by Gasteiger charge is 2.09. The van der Waals surface area contributed by atoms with Gasteiger partial charge in [-0.3, -0.25) is 4.90 Å². The van der Waals surface area contributed by atoms with Crippen molar-refractivity contribution in [3.63, 3.8) is 0 Å². The second-order valence-corrected chi connectivity index (χ2v) is 6.89. The average molecular weight is 368 g/mol. The minimum Gasteiger partial charge on any atom is -0.494 e. The fraction of sp³-hybridized carbons (Fsp3) is 0.364. The number of hydrogen-bond donors (Lipinski definition) is 0. The number of nitrogens with zero attached hydrogens (tertiary/aromatic N) is 2. The molecule has 1 aliphatic rings. The van der Waals surface area contributed by atoms with Gasteiger partial charge in [-0.05, 0) is 67.9 Å². The molecule has 3 aromatic rings. The van der Waals surface area contributed by atoms with Gasteiger partial charge in [-0.25, -0.2) is 4.39 Å². The summed E-state index contributed by atoms with van der Waals surface area (Å²) in [5.74, 6) is 0.672. The number of halogens is 1. The van der Waals surface area contributed by atoms with E-state index in [0.717, 1.165) is 74.6 Å². The Morgan fingerprint density at radius 1 is 0.963 bits per heavy atom. The van der Waals surface area contributed by atoms with Crippen molar-refractivity contribution in [3.8, 4) is 11.4 Å². The van der Waals surface area contributed by atoms with Gasteiger partial charge < -0.3 is 14.0 Å². The lowest BCUT2D eigenvalue weighted by atomic mass is 10.2. The van der Waals surface area contributed by atoms with Crippen molar-refractivity contribution in [1.29, 1.82) is 0 Å². The van der Waals surface area contributed by atoms with E-state index in [9.17, 15) is 4.39 Å². The number of benzene rings is 2. The Balaban J connectivity index is 1.31. The summed E-state index contributed by atoms with van der Waals surface area (Å²) in [5, 5.41) is 1.12. The summed E-state index contributed by atoms with van der Waals surface area (Å²) in [7, 11) is 0. The van der Waals surface area contributed by atoms with Crippen molar-refractivity contribution in [2.45, 2.75) is 12.8 Å². The lowest BCUT2D eigenvalue weighted by Crippen LogP contribution is -2.36. The van der Waals surface area contributed by atoms with Gasteiger partial charge in [-0.2, -0.15) is 0 Å². The molecule has 1 fully saturated rings. The van der Waals surface area contributed by atoms with E-state index in [4.69, 9.17) is 9.47 Å². The summed E-state index contributed by atoms with van der Waals surface area (Å²) in [6.07, 6.45) is 4.19. The van der Waals surface area contributed by atoms with Crippen LogP contribution in [-0.4, -0.2) is 48.9 Å². The molecule has 0 spiro atoms. The molecular weight excluding hydrogens is 343 g/mol. The number of hydrogen-bond acceptors (Lipinski definition) is 3. The minimum absolute atomic E-state index is 0.223. The van der Waals surface area contributed by atoms with E-state index in [2.05, 4.69) is 27.7 Å². The summed E-state index contributed by atoms with van der Waals surface area (Å²) >= 11 is 0. The van der Waals surface area contributed by atoms with Crippen molar-refractivity contribution in [2.75, 3.05) is 39.5 Å². The Bertz CT molecular complexity index is 870.